The van der Waals surface area contributed by atoms with Crippen LogP contribution in [0.2, 0.25) is 0 Å². The van der Waals surface area contributed by atoms with Crippen molar-refractivity contribution in [3.63, 3.8) is 0 Å². The quantitative estimate of drug-likeness (QED) is 0.597. The Labute approximate surface area is 82.8 Å². The van der Waals surface area contributed by atoms with Crippen molar-refractivity contribution in [3.8, 4) is 0 Å². The number of alkyl halides is 3. The fourth-order valence-electron chi connectivity index (χ4n) is 0.864. The molecular weight excluding hydrogens is 189 g/mol. The first kappa shape index (κ1) is 13.0. The van der Waals surface area contributed by atoms with Crippen molar-refractivity contribution in [2.45, 2.75) is 33.4 Å². The van der Waals surface area contributed by atoms with Crippen LogP contribution >= 0.6 is 0 Å². The SMILES string of the molecule is C=C(/C=C\C(=C(C)C)C(F)(F)F)CC. The summed E-state index contributed by atoms with van der Waals surface area (Å²) in [6, 6.07) is 0. The molecule has 0 nitrogen and oxygen atoms in total. The monoisotopic (exact) mass is 204 g/mol. The number of hydrogen-bond donors (Lipinski definition) is 0. The van der Waals surface area contributed by atoms with E-state index in [0.717, 1.165) is 6.08 Å². The van der Waals surface area contributed by atoms with Crippen molar-refractivity contribution in [2.24, 2.45) is 0 Å². The second-order valence-corrected chi connectivity index (χ2v) is 3.26. The van der Waals surface area contributed by atoms with Crippen LogP contribution in [0.1, 0.15) is 27.2 Å². The third-order valence-electron chi connectivity index (χ3n) is 1.78. The van der Waals surface area contributed by atoms with E-state index >= 15 is 0 Å². The zero-order valence-electron chi connectivity index (χ0n) is 8.70. The lowest BCUT2D eigenvalue weighted by molar-refractivity contribution is -0.0889. The van der Waals surface area contributed by atoms with Gasteiger partial charge in [0.2, 0.25) is 0 Å². The molecule has 0 atom stereocenters. The van der Waals surface area contributed by atoms with Crippen molar-refractivity contribution >= 4 is 0 Å². The minimum absolute atomic E-state index is 0.262. The van der Waals surface area contributed by atoms with Gasteiger partial charge in [-0.25, -0.2) is 0 Å². The van der Waals surface area contributed by atoms with Crippen LogP contribution in [0.4, 0.5) is 13.2 Å². The summed E-state index contributed by atoms with van der Waals surface area (Å²) < 4.78 is 37.2. The van der Waals surface area contributed by atoms with Gasteiger partial charge < -0.3 is 0 Å². The zero-order chi connectivity index (χ0) is 11.4. The molecule has 0 aliphatic heterocycles. The molecule has 0 bridgehead atoms. The maximum atomic E-state index is 12.4. The lowest BCUT2D eigenvalue weighted by Crippen LogP contribution is -2.11. The largest absolute Gasteiger partial charge is 0.416 e. The highest BCUT2D eigenvalue weighted by atomic mass is 19.4. The van der Waals surface area contributed by atoms with Gasteiger partial charge in [0.05, 0.1) is 5.57 Å². The van der Waals surface area contributed by atoms with Gasteiger partial charge in [0, 0.05) is 0 Å². The van der Waals surface area contributed by atoms with E-state index in [9.17, 15) is 13.2 Å². The van der Waals surface area contributed by atoms with Crippen molar-refractivity contribution < 1.29 is 13.2 Å². The summed E-state index contributed by atoms with van der Waals surface area (Å²) in [6.45, 7) is 8.35. The molecule has 3 heteroatoms. The van der Waals surface area contributed by atoms with Crippen molar-refractivity contribution in [3.05, 3.63) is 35.5 Å². The molecule has 0 spiro atoms. The lowest BCUT2D eigenvalue weighted by Gasteiger charge is -2.09. The number of halogens is 3. The lowest BCUT2D eigenvalue weighted by atomic mass is 10.1. The van der Waals surface area contributed by atoms with E-state index in [-0.39, 0.29) is 5.57 Å². The molecule has 0 amide bonds. The van der Waals surface area contributed by atoms with Gasteiger partial charge in [-0.3, -0.25) is 0 Å². The molecule has 0 radical (unpaired) electrons. The first-order chi connectivity index (χ1) is 6.29. The summed E-state index contributed by atoms with van der Waals surface area (Å²) in [5.74, 6) is 0. The van der Waals surface area contributed by atoms with Gasteiger partial charge in [0.25, 0.3) is 0 Å². The molecule has 0 aromatic carbocycles. The molecule has 0 saturated carbocycles. The van der Waals surface area contributed by atoms with E-state index in [2.05, 4.69) is 6.58 Å². The van der Waals surface area contributed by atoms with Crippen molar-refractivity contribution in [1.82, 2.24) is 0 Å². The molecule has 14 heavy (non-hydrogen) atoms. The van der Waals surface area contributed by atoms with Gasteiger partial charge in [0.1, 0.15) is 0 Å². The van der Waals surface area contributed by atoms with Crippen LogP contribution in [-0.2, 0) is 0 Å². The molecule has 0 aliphatic rings. The predicted molar refractivity (Wildman–Crippen MR) is 53.0 cm³/mol. The summed E-state index contributed by atoms with van der Waals surface area (Å²) in [7, 11) is 0. The summed E-state index contributed by atoms with van der Waals surface area (Å²) in [5.41, 5.74) is 0.359. The van der Waals surface area contributed by atoms with Gasteiger partial charge in [0.15, 0.2) is 0 Å². The molecule has 0 rings (SSSR count). The van der Waals surface area contributed by atoms with Gasteiger partial charge in [-0.05, 0) is 26.3 Å². The first-order valence-corrected chi connectivity index (χ1v) is 4.39. The molecule has 0 aromatic rings. The second kappa shape index (κ2) is 5.03. The van der Waals surface area contributed by atoms with Crippen LogP contribution < -0.4 is 0 Å². The van der Waals surface area contributed by atoms with Crippen LogP contribution in [0.25, 0.3) is 0 Å². The number of allylic oxidation sites excluding steroid dienone is 5. The molecule has 0 aromatic heterocycles. The Balaban J connectivity index is 4.85. The molecular formula is C11H15F3. The summed E-state index contributed by atoms with van der Waals surface area (Å²) in [5, 5.41) is 0. The number of hydrogen-bond acceptors (Lipinski definition) is 0. The van der Waals surface area contributed by atoms with Gasteiger partial charge >= 0.3 is 6.18 Å². The Bertz CT molecular complexity index is 263. The van der Waals surface area contributed by atoms with Gasteiger partial charge in [-0.15, -0.1) is 0 Å². The normalized spacial score (nSPS) is 11.9. The average molecular weight is 204 g/mol. The highest BCUT2D eigenvalue weighted by Gasteiger charge is 2.32. The van der Waals surface area contributed by atoms with E-state index in [1.807, 2.05) is 6.92 Å². The summed E-state index contributed by atoms with van der Waals surface area (Å²) in [6.07, 6.45) is -1.12. The summed E-state index contributed by atoms with van der Waals surface area (Å²) >= 11 is 0. The fourth-order valence-corrected chi connectivity index (χ4v) is 0.864. The Kier molecular flexibility index (Phi) is 4.68. The third-order valence-corrected chi connectivity index (χ3v) is 1.78. The minimum Gasteiger partial charge on any atom is -0.166 e. The second-order valence-electron chi connectivity index (χ2n) is 3.26. The van der Waals surface area contributed by atoms with Crippen molar-refractivity contribution in [1.29, 1.82) is 0 Å². The summed E-state index contributed by atoms with van der Waals surface area (Å²) in [4.78, 5) is 0. The topological polar surface area (TPSA) is 0 Å². The van der Waals surface area contributed by atoms with Gasteiger partial charge in [-0.1, -0.05) is 30.7 Å². The first-order valence-electron chi connectivity index (χ1n) is 4.39. The van der Waals surface area contributed by atoms with Crippen LogP contribution in [0, 0.1) is 0 Å². The zero-order valence-corrected chi connectivity index (χ0v) is 8.70. The number of rotatable bonds is 3. The molecule has 0 saturated heterocycles. The molecule has 0 fully saturated rings. The van der Waals surface area contributed by atoms with E-state index < -0.39 is 11.7 Å². The molecule has 80 valence electrons. The average Bonchev–Trinajstić information content (AvgIpc) is 2.01. The Morgan fingerprint density at radius 3 is 2.00 bits per heavy atom. The van der Waals surface area contributed by atoms with Crippen LogP contribution in [0.5, 0.6) is 0 Å². The highest BCUT2D eigenvalue weighted by molar-refractivity contribution is 5.32. The van der Waals surface area contributed by atoms with Crippen LogP contribution in [-0.4, -0.2) is 6.18 Å². The van der Waals surface area contributed by atoms with E-state index in [1.54, 1.807) is 0 Å². The molecule has 0 heterocycles. The standard InChI is InChI=1S/C11H15F3/c1-5-9(4)6-7-10(8(2)3)11(12,13)14/h6-7H,4-5H2,1-3H3/b7-6-. The smallest absolute Gasteiger partial charge is 0.166 e. The van der Waals surface area contributed by atoms with Gasteiger partial charge in [-0.2, -0.15) is 13.2 Å². The molecule has 0 N–H and O–H groups in total. The van der Waals surface area contributed by atoms with Crippen LogP contribution in [0.3, 0.4) is 0 Å². The molecule has 0 aliphatic carbocycles. The molecule has 0 unspecified atom stereocenters. The predicted octanol–water partition coefficient (Wildman–Crippen LogP) is 4.41. The Morgan fingerprint density at radius 2 is 1.71 bits per heavy atom. The van der Waals surface area contributed by atoms with Crippen LogP contribution in [0.15, 0.2) is 35.5 Å². The fraction of sp³-hybridized carbons (Fsp3) is 0.455. The third kappa shape index (κ3) is 4.30. The Morgan fingerprint density at radius 1 is 1.21 bits per heavy atom. The minimum atomic E-state index is -4.27. The highest BCUT2D eigenvalue weighted by Crippen LogP contribution is 2.29. The van der Waals surface area contributed by atoms with E-state index in [1.165, 1.54) is 19.9 Å². The maximum Gasteiger partial charge on any atom is 0.416 e. The Hall–Kier alpha value is -0.990. The van der Waals surface area contributed by atoms with E-state index in [4.69, 9.17) is 0 Å². The maximum absolute atomic E-state index is 12.4. The van der Waals surface area contributed by atoms with Crippen molar-refractivity contribution in [2.75, 3.05) is 0 Å². The van der Waals surface area contributed by atoms with E-state index in [0.29, 0.717) is 12.0 Å².